The number of nitrogens with one attached hydrogen (secondary N) is 1. The fraction of sp³-hybridized carbons (Fsp3) is 0.333. The molecule has 4 nitrogen and oxygen atoms in total. The zero-order valence-electron chi connectivity index (χ0n) is 9.56. The van der Waals surface area contributed by atoms with E-state index in [-0.39, 0.29) is 5.91 Å². The Hall–Kier alpha value is -1.84. The maximum atomic E-state index is 10.6. The lowest BCUT2D eigenvalue weighted by atomic mass is 10.2. The Kier molecular flexibility index (Phi) is 5.05. The van der Waals surface area contributed by atoms with Crippen molar-refractivity contribution in [2.24, 2.45) is 0 Å². The van der Waals surface area contributed by atoms with Crippen molar-refractivity contribution in [3.8, 4) is 5.75 Å². The Morgan fingerprint density at radius 3 is 3.06 bits per heavy atom. The van der Waals surface area contributed by atoms with Crippen molar-refractivity contribution >= 4 is 12.0 Å². The summed E-state index contributed by atoms with van der Waals surface area (Å²) in [6.45, 7) is 2.17. The summed E-state index contributed by atoms with van der Waals surface area (Å²) in [5, 5.41) is 2.72. The highest BCUT2D eigenvalue weighted by molar-refractivity contribution is 5.72. The average molecular weight is 220 g/mol. The predicted molar refractivity (Wildman–Crippen MR) is 63.1 cm³/mol. The van der Waals surface area contributed by atoms with Crippen molar-refractivity contribution in [1.29, 1.82) is 0 Å². The van der Waals surface area contributed by atoms with Gasteiger partial charge in [-0.3, -0.25) is 9.78 Å². The van der Waals surface area contributed by atoms with E-state index in [1.54, 1.807) is 19.5 Å². The fourth-order valence-electron chi connectivity index (χ4n) is 1.19. The molecule has 0 unspecified atom stereocenters. The van der Waals surface area contributed by atoms with E-state index in [9.17, 15) is 4.79 Å². The summed E-state index contributed by atoms with van der Waals surface area (Å²) in [5.74, 6) is 0.737. The molecule has 86 valence electrons. The van der Waals surface area contributed by atoms with Crippen LogP contribution in [0.25, 0.3) is 6.08 Å². The molecule has 0 radical (unpaired) electrons. The molecule has 1 aromatic heterocycles. The number of ether oxygens (including phenoxy) is 1. The van der Waals surface area contributed by atoms with E-state index in [0.29, 0.717) is 6.54 Å². The topological polar surface area (TPSA) is 51.2 Å². The third-order valence-corrected chi connectivity index (χ3v) is 1.97. The van der Waals surface area contributed by atoms with Crippen LogP contribution in [0.2, 0.25) is 0 Å². The summed E-state index contributed by atoms with van der Waals surface area (Å²) < 4.78 is 5.06. The molecule has 0 saturated heterocycles. The third kappa shape index (κ3) is 4.59. The van der Waals surface area contributed by atoms with Gasteiger partial charge >= 0.3 is 0 Å². The number of pyridine rings is 1. The van der Waals surface area contributed by atoms with E-state index in [1.807, 2.05) is 18.2 Å². The van der Waals surface area contributed by atoms with Crippen LogP contribution >= 0.6 is 0 Å². The van der Waals surface area contributed by atoms with Crippen molar-refractivity contribution in [2.75, 3.05) is 13.7 Å². The minimum absolute atomic E-state index is 0.00329. The van der Waals surface area contributed by atoms with Gasteiger partial charge in [0, 0.05) is 19.7 Å². The molecule has 0 spiro atoms. The van der Waals surface area contributed by atoms with E-state index in [0.717, 1.165) is 17.7 Å². The molecule has 1 aromatic rings. The van der Waals surface area contributed by atoms with Crippen LogP contribution in [0.15, 0.2) is 24.5 Å². The maximum Gasteiger partial charge on any atom is 0.216 e. The van der Waals surface area contributed by atoms with Gasteiger partial charge in [0.1, 0.15) is 5.75 Å². The number of methoxy groups -OCH3 is 1. The van der Waals surface area contributed by atoms with Gasteiger partial charge in [0.25, 0.3) is 0 Å². The molecule has 4 heteroatoms. The molecule has 0 saturated carbocycles. The van der Waals surface area contributed by atoms with Crippen molar-refractivity contribution in [2.45, 2.75) is 13.3 Å². The van der Waals surface area contributed by atoms with E-state index < -0.39 is 0 Å². The molecule has 0 aliphatic rings. The van der Waals surface area contributed by atoms with Gasteiger partial charge in [-0.05, 0) is 18.1 Å². The number of carbonyl (C=O) groups excluding carboxylic acids is 1. The van der Waals surface area contributed by atoms with Crippen LogP contribution in [-0.2, 0) is 4.79 Å². The lowest BCUT2D eigenvalue weighted by molar-refractivity contribution is -0.118. The first kappa shape index (κ1) is 12.2. The monoisotopic (exact) mass is 220 g/mol. The highest BCUT2D eigenvalue weighted by atomic mass is 16.5. The summed E-state index contributed by atoms with van der Waals surface area (Å²) in [4.78, 5) is 14.6. The normalized spacial score (nSPS) is 10.4. The van der Waals surface area contributed by atoms with Crippen molar-refractivity contribution in [3.05, 3.63) is 30.1 Å². The van der Waals surface area contributed by atoms with Crippen LogP contribution in [0.1, 0.15) is 18.9 Å². The molecule has 1 N–H and O–H groups in total. The van der Waals surface area contributed by atoms with E-state index in [2.05, 4.69) is 10.3 Å². The number of aromatic nitrogens is 1. The van der Waals surface area contributed by atoms with Crippen molar-refractivity contribution in [3.63, 3.8) is 0 Å². The lowest BCUT2D eigenvalue weighted by Gasteiger charge is -1.99. The fourth-order valence-corrected chi connectivity index (χ4v) is 1.19. The van der Waals surface area contributed by atoms with Crippen LogP contribution in [0, 0.1) is 0 Å². The van der Waals surface area contributed by atoms with E-state index >= 15 is 0 Å². The summed E-state index contributed by atoms with van der Waals surface area (Å²) in [5.41, 5.74) is 0.988. The van der Waals surface area contributed by atoms with Gasteiger partial charge < -0.3 is 10.1 Å². The summed E-state index contributed by atoms with van der Waals surface area (Å²) in [6, 6.07) is 1.90. The van der Waals surface area contributed by atoms with Crippen LogP contribution < -0.4 is 10.1 Å². The Labute approximate surface area is 95.3 Å². The smallest absolute Gasteiger partial charge is 0.216 e. The van der Waals surface area contributed by atoms with Gasteiger partial charge in [-0.25, -0.2) is 0 Å². The zero-order valence-corrected chi connectivity index (χ0v) is 9.56. The number of nitrogens with zero attached hydrogens (tertiary/aromatic N) is 1. The molecule has 0 aromatic carbocycles. The lowest BCUT2D eigenvalue weighted by Crippen LogP contribution is -2.20. The Balaban J connectivity index is 2.40. The van der Waals surface area contributed by atoms with Crippen LogP contribution in [0.4, 0.5) is 0 Å². The van der Waals surface area contributed by atoms with Gasteiger partial charge in [-0.2, -0.15) is 0 Å². The SMILES string of the molecule is COc1cncc(C=CCCNC(C)=O)c1. The first-order valence-corrected chi connectivity index (χ1v) is 5.12. The molecular formula is C12H16N2O2. The summed E-state index contributed by atoms with van der Waals surface area (Å²) >= 11 is 0. The molecule has 0 atom stereocenters. The molecule has 0 aliphatic heterocycles. The number of hydrogen-bond acceptors (Lipinski definition) is 3. The summed E-state index contributed by atoms with van der Waals surface area (Å²) in [7, 11) is 1.61. The quantitative estimate of drug-likeness (QED) is 0.767. The Bertz CT molecular complexity index is 375. The predicted octanol–water partition coefficient (Wildman–Crippen LogP) is 1.63. The van der Waals surface area contributed by atoms with E-state index in [4.69, 9.17) is 4.74 Å². The molecule has 1 heterocycles. The van der Waals surface area contributed by atoms with Crippen LogP contribution in [-0.4, -0.2) is 24.5 Å². The number of hydrogen-bond donors (Lipinski definition) is 1. The standard InChI is InChI=1S/C12H16N2O2/c1-10(15)14-6-4-3-5-11-7-12(16-2)9-13-8-11/h3,5,7-9H,4,6H2,1-2H3,(H,14,15). The number of amides is 1. The molecule has 1 rings (SSSR count). The average Bonchev–Trinajstić information content (AvgIpc) is 2.28. The summed E-state index contributed by atoms with van der Waals surface area (Å²) in [6.07, 6.45) is 8.17. The Morgan fingerprint density at radius 2 is 2.38 bits per heavy atom. The highest BCUT2D eigenvalue weighted by Crippen LogP contribution is 2.11. The minimum atomic E-state index is -0.00329. The molecular weight excluding hydrogens is 204 g/mol. The van der Waals surface area contributed by atoms with Crippen molar-refractivity contribution < 1.29 is 9.53 Å². The van der Waals surface area contributed by atoms with Gasteiger partial charge in [0.2, 0.25) is 5.91 Å². The highest BCUT2D eigenvalue weighted by Gasteiger charge is 1.92. The Morgan fingerprint density at radius 1 is 1.56 bits per heavy atom. The minimum Gasteiger partial charge on any atom is -0.495 e. The van der Waals surface area contributed by atoms with Crippen molar-refractivity contribution in [1.82, 2.24) is 10.3 Å². The second kappa shape index (κ2) is 6.61. The first-order chi connectivity index (χ1) is 7.72. The zero-order chi connectivity index (χ0) is 11.8. The third-order valence-electron chi connectivity index (χ3n) is 1.97. The second-order valence-electron chi connectivity index (χ2n) is 3.33. The largest absolute Gasteiger partial charge is 0.495 e. The van der Waals surface area contributed by atoms with Gasteiger partial charge in [0.15, 0.2) is 0 Å². The van der Waals surface area contributed by atoms with Gasteiger partial charge in [-0.1, -0.05) is 12.2 Å². The van der Waals surface area contributed by atoms with Gasteiger partial charge in [0.05, 0.1) is 13.3 Å². The maximum absolute atomic E-state index is 10.6. The van der Waals surface area contributed by atoms with Crippen LogP contribution in [0.3, 0.4) is 0 Å². The number of carbonyl (C=O) groups is 1. The van der Waals surface area contributed by atoms with Gasteiger partial charge in [-0.15, -0.1) is 0 Å². The number of rotatable bonds is 5. The van der Waals surface area contributed by atoms with E-state index in [1.165, 1.54) is 6.92 Å². The molecule has 0 bridgehead atoms. The molecule has 16 heavy (non-hydrogen) atoms. The molecule has 0 fully saturated rings. The molecule has 0 aliphatic carbocycles. The molecule has 1 amide bonds. The first-order valence-electron chi connectivity index (χ1n) is 5.12. The van der Waals surface area contributed by atoms with Crippen LogP contribution in [0.5, 0.6) is 5.75 Å². The second-order valence-corrected chi connectivity index (χ2v) is 3.33.